The van der Waals surface area contributed by atoms with Crippen molar-refractivity contribution in [1.29, 1.82) is 5.26 Å². The third kappa shape index (κ3) is 3.22. The molecular formula is C17H21F2N5O2. The lowest BCUT2D eigenvalue weighted by molar-refractivity contribution is -0.0136. The van der Waals surface area contributed by atoms with Crippen LogP contribution < -0.4 is 5.32 Å². The number of nitrogens with zero attached hydrogens (tertiary/aromatic N) is 4. The van der Waals surface area contributed by atoms with E-state index in [2.05, 4.69) is 15.4 Å². The van der Waals surface area contributed by atoms with E-state index in [0.29, 0.717) is 13.0 Å². The van der Waals surface area contributed by atoms with Crippen molar-refractivity contribution in [3.63, 3.8) is 0 Å². The number of fused-ring (bicyclic) bond motifs is 1. The molecule has 1 aliphatic heterocycles. The number of aliphatic hydroxyl groups is 1. The van der Waals surface area contributed by atoms with E-state index in [1.807, 2.05) is 0 Å². The standard InChI is InChI=1S/C17H21F2N5O2/c1-9(17(2,3)19)15-10(6-20)14(18)12-7-21-16(23-24(12)15)22-11-4-5-26-8-13(11)25/h7,9,11,13,25H,4-5,8H2,1-3H3,(H,22,23)/t9?,11-,13-/m1/s1. The summed E-state index contributed by atoms with van der Waals surface area (Å²) >= 11 is 0. The number of nitrogens with one attached hydrogen (secondary N) is 1. The van der Waals surface area contributed by atoms with Crippen molar-refractivity contribution in [1.82, 2.24) is 14.6 Å². The summed E-state index contributed by atoms with van der Waals surface area (Å²) in [5.41, 5.74) is -1.75. The van der Waals surface area contributed by atoms with E-state index < -0.39 is 23.5 Å². The number of aliphatic hydroxyl groups excluding tert-OH is 1. The number of ether oxygens (including phenoxy) is 1. The predicted octanol–water partition coefficient (Wildman–Crippen LogP) is 2.15. The van der Waals surface area contributed by atoms with Crippen LogP contribution >= 0.6 is 0 Å². The number of halogens is 2. The van der Waals surface area contributed by atoms with Crippen LogP contribution in [0, 0.1) is 17.1 Å². The van der Waals surface area contributed by atoms with Gasteiger partial charge in [-0.2, -0.15) is 5.26 Å². The molecule has 0 amide bonds. The highest BCUT2D eigenvalue weighted by atomic mass is 19.1. The van der Waals surface area contributed by atoms with E-state index in [-0.39, 0.29) is 35.4 Å². The summed E-state index contributed by atoms with van der Waals surface area (Å²) < 4.78 is 35.5. The lowest BCUT2D eigenvalue weighted by Gasteiger charge is -2.28. The van der Waals surface area contributed by atoms with Crippen molar-refractivity contribution >= 4 is 11.5 Å². The van der Waals surface area contributed by atoms with Crippen LogP contribution in [0.4, 0.5) is 14.7 Å². The zero-order valence-corrected chi connectivity index (χ0v) is 14.8. The quantitative estimate of drug-likeness (QED) is 0.862. The normalized spacial score (nSPS) is 22.2. The van der Waals surface area contributed by atoms with Gasteiger partial charge in [0.15, 0.2) is 5.82 Å². The van der Waals surface area contributed by atoms with Crippen molar-refractivity contribution in [3.05, 3.63) is 23.3 Å². The van der Waals surface area contributed by atoms with Crippen LogP contribution in [-0.4, -0.2) is 50.7 Å². The Morgan fingerprint density at radius 3 is 2.88 bits per heavy atom. The van der Waals surface area contributed by atoms with Gasteiger partial charge in [0.2, 0.25) is 5.95 Å². The summed E-state index contributed by atoms with van der Waals surface area (Å²) in [6.07, 6.45) is 1.09. The molecule has 1 saturated heterocycles. The number of hydrogen-bond donors (Lipinski definition) is 2. The van der Waals surface area contributed by atoms with Crippen LogP contribution in [0.3, 0.4) is 0 Å². The molecule has 0 aliphatic carbocycles. The first-order valence-electron chi connectivity index (χ1n) is 8.42. The molecule has 2 aromatic rings. The van der Waals surface area contributed by atoms with Gasteiger partial charge in [-0.05, 0) is 20.3 Å². The average molecular weight is 365 g/mol. The highest BCUT2D eigenvalue weighted by molar-refractivity contribution is 5.58. The van der Waals surface area contributed by atoms with E-state index in [4.69, 9.17) is 4.74 Å². The van der Waals surface area contributed by atoms with Crippen molar-refractivity contribution < 1.29 is 18.6 Å². The Morgan fingerprint density at radius 2 is 2.27 bits per heavy atom. The van der Waals surface area contributed by atoms with Gasteiger partial charge in [-0.25, -0.2) is 18.3 Å². The summed E-state index contributed by atoms with van der Waals surface area (Å²) in [6, 6.07) is 1.50. The van der Waals surface area contributed by atoms with Gasteiger partial charge >= 0.3 is 0 Å². The number of alkyl halides is 1. The fourth-order valence-corrected chi connectivity index (χ4v) is 2.99. The average Bonchev–Trinajstić information content (AvgIpc) is 2.87. The minimum Gasteiger partial charge on any atom is -0.389 e. The lowest BCUT2D eigenvalue weighted by atomic mass is 9.90. The Labute approximate surface area is 149 Å². The Balaban J connectivity index is 2.06. The Bertz CT molecular complexity index is 855. The summed E-state index contributed by atoms with van der Waals surface area (Å²) in [5, 5.41) is 26.6. The van der Waals surface area contributed by atoms with Crippen LogP contribution in [-0.2, 0) is 4.74 Å². The van der Waals surface area contributed by atoms with Gasteiger partial charge in [0.05, 0.1) is 30.6 Å². The molecule has 2 aromatic heterocycles. The molecule has 140 valence electrons. The first-order valence-corrected chi connectivity index (χ1v) is 8.42. The number of anilines is 1. The van der Waals surface area contributed by atoms with Crippen LogP contribution in [0.15, 0.2) is 6.20 Å². The third-order valence-electron chi connectivity index (χ3n) is 4.85. The smallest absolute Gasteiger partial charge is 0.241 e. The molecule has 0 bridgehead atoms. The Kier molecular flexibility index (Phi) is 4.82. The Morgan fingerprint density at radius 1 is 1.54 bits per heavy atom. The van der Waals surface area contributed by atoms with Crippen molar-refractivity contribution in [3.8, 4) is 6.07 Å². The van der Waals surface area contributed by atoms with Crippen molar-refractivity contribution in [2.45, 2.75) is 50.9 Å². The topological polar surface area (TPSA) is 95.5 Å². The van der Waals surface area contributed by atoms with Gasteiger partial charge in [0.1, 0.15) is 22.8 Å². The van der Waals surface area contributed by atoms with Gasteiger partial charge in [0, 0.05) is 12.5 Å². The van der Waals surface area contributed by atoms with Crippen LogP contribution in [0.5, 0.6) is 0 Å². The minimum absolute atomic E-state index is 0.00530. The number of hydrogen-bond acceptors (Lipinski definition) is 6. The molecule has 1 unspecified atom stereocenters. The van der Waals surface area contributed by atoms with E-state index >= 15 is 0 Å². The van der Waals surface area contributed by atoms with Gasteiger partial charge in [-0.15, -0.1) is 5.10 Å². The summed E-state index contributed by atoms with van der Waals surface area (Å²) in [7, 11) is 0. The largest absolute Gasteiger partial charge is 0.389 e. The fraction of sp³-hybridized carbons (Fsp3) is 0.588. The summed E-state index contributed by atoms with van der Waals surface area (Å²) in [5.74, 6) is -1.38. The molecule has 0 radical (unpaired) electrons. The molecule has 7 nitrogen and oxygen atoms in total. The minimum atomic E-state index is -1.68. The van der Waals surface area contributed by atoms with Crippen LogP contribution in [0.1, 0.15) is 44.4 Å². The molecule has 9 heteroatoms. The maximum absolute atomic E-state index is 14.6. The molecule has 26 heavy (non-hydrogen) atoms. The molecule has 3 atom stereocenters. The number of nitriles is 1. The Hall–Kier alpha value is -2.31. The maximum Gasteiger partial charge on any atom is 0.241 e. The first-order chi connectivity index (χ1) is 12.2. The van der Waals surface area contributed by atoms with Crippen molar-refractivity contribution in [2.75, 3.05) is 18.5 Å². The summed E-state index contributed by atoms with van der Waals surface area (Å²) in [6.45, 7) is 5.02. The monoisotopic (exact) mass is 365 g/mol. The first kappa shape index (κ1) is 18.5. The fourth-order valence-electron chi connectivity index (χ4n) is 2.99. The second-order valence-corrected chi connectivity index (χ2v) is 7.03. The molecule has 1 aliphatic rings. The highest BCUT2D eigenvalue weighted by Gasteiger charge is 2.34. The second-order valence-electron chi connectivity index (χ2n) is 7.03. The van der Waals surface area contributed by atoms with Gasteiger partial charge in [-0.1, -0.05) is 6.92 Å². The molecular weight excluding hydrogens is 344 g/mol. The molecule has 1 fully saturated rings. The molecule has 0 aromatic carbocycles. The third-order valence-corrected chi connectivity index (χ3v) is 4.85. The van der Waals surface area contributed by atoms with Gasteiger partial charge < -0.3 is 15.2 Å². The van der Waals surface area contributed by atoms with E-state index in [9.17, 15) is 19.1 Å². The van der Waals surface area contributed by atoms with E-state index in [1.54, 1.807) is 13.0 Å². The zero-order chi connectivity index (χ0) is 19.1. The lowest BCUT2D eigenvalue weighted by Crippen LogP contribution is -2.42. The SMILES string of the molecule is CC(c1c(C#N)c(F)c2cnc(N[C@@H]3CCOC[C@H]3O)nn12)C(C)(C)F. The van der Waals surface area contributed by atoms with Crippen LogP contribution in [0.2, 0.25) is 0 Å². The van der Waals surface area contributed by atoms with Gasteiger partial charge in [-0.3, -0.25) is 0 Å². The zero-order valence-electron chi connectivity index (χ0n) is 14.8. The molecule has 2 N–H and O–H groups in total. The second kappa shape index (κ2) is 6.78. The molecule has 0 spiro atoms. The highest BCUT2D eigenvalue weighted by Crippen LogP contribution is 2.35. The molecule has 0 saturated carbocycles. The number of aromatic nitrogens is 3. The van der Waals surface area contributed by atoms with Crippen LogP contribution in [0.25, 0.3) is 5.52 Å². The van der Waals surface area contributed by atoms with Crippen molar-refractivity contribution in [2.24, 2.45) is 0 Å². The van der Waals surface area contributed by atoms with Gasteiger partial charge in [0.25, 0.3) is 0 Å². The summed E-state index contributed by atoms with van der Waals surface area (Å²) in [4.78, 5) is 4.07. The molecule has 3 rings (SSSR count). The maximum atomic E-state index is 14.6. The predicted molar refractivity (Wildman–Crippen MR) is 90.1 cm³/mol. The van der Waals surface area contributed by atoms with E-state index in [1.165, 1.54) is 24.6 Å². The molecule has 3 heterocycles. The van der Waals surface area contributed by atoms with E-state index in [0.717, 1.165) is 0 Å². The number of rotatable bonds is 4.